The van der Waals surface area contributed by atoms with Gasteiger partial charge in [0.15, 0.2) is 0 Å². The fourth-order valence-corrected chi connectivity index (χ4v) is 5.31. The molecule has 3 aromatic carbocycles. The first-order valence-electron chi connectivity index (χ1n) is 9.69. The van der Waals surface area contributed by atoms with E-state index in [1.807, 2.05) is 0 Å². The summed E-state index contributed by atoms with van der Waals surface area (Å²) in [5.41, 5.74) is -2.12. The molecule has 0 radical (unpaired) electrons. The Morgan fingerprint density at radius 2 is 1.76 bits per heavy atom. The summed E-state index contributed by atoms with van der Waals surface area (Å²) in [5.74, 6) is -0.449. The van der Waals surface area contributed by atoms with Gasteiger partial charge in [0.2, 0.25) is 9.84 Å². The number of hydrogen-bond donors (Lipinski definition) is 2. The third kappa shape index (κ3) is 3.21. The lowest BCUT2D eigenvalue weighted by Gasteiger charge is -2.10. The SMILES string of the molecule is O=C(c1ccccc1)n1ncc2ccc(S(=O)(=O)c3ccc(Cl)c4c(=O)n(O)c(=O)[nH]c34)cc21. The van der Waals surface area contributed by atoms with Crippen molar-refractivity contribution in [1.29, 1.82) is 0 Å². The number of H-pyrrole nitrogens is 1. The van der Waals surface area contributed by atoms with Gasteiger partial charge in [0.25, 0.3) is 11.5 Å². The molecule has 0 unspecified atom stereocenters. The van der Waals surface area contributed by atoms with Gasteiger partial charge in [-0.1, -0.05) is 34.5 Å². The summed E-state index contributed by atoms with van der Waals surface area (Å²) in [6, 6.07) is 14.8. The number of aromatic amines is 1. The third-order valence-electron chi connectivity index (χ3n) is 5.30. The molecule has 0 amide bonds. The van der Waals surface area contributed by atoms with Crippen molar-refractivity contribution in [2.24, 2.45) is 0 Å². The van der Waals surface area contributed by atoms with Crippen LogP contribution in [0.15, 0.2) is 86.2 Å². The number of rotatable bonds is 3. The average Bonchev–Trinajstić information content (AvgIpc) is 3.26. The quantitative estimate of drug-likeness (QED) is 0.365. The summed E-state index contributed by atoms with van der Waals surface area (Å²) in [6.07, 6.45) is 1.44. The third-order valence-corrected chi connectivity index (χ3v) is 7.41. The normalized spacial score (nSPS) is 11.8. The highest BCUT2D eigenvalue weighted by molar-refractivity contribution is 7.91. The van der Waals surface area contributed by atoms with E-state index in [0.29, 0.717) is 10.9 Å². The van der Waals surface area contributed by atoms with Gasteiger partial charge in [-0.2, -0.15) is 9.78 Å². The van der Waals surface area contributed by atoms with E-state index in [0.717, 1.165) is 10.7 Å². The van der Waals surface area contributed by atoms with Gasteiger partial charge in [0.05, 0.1) is 37.4 Å². The smallest absolute Gasteiger partial charge is 0.362 e. The highest BCUT2D eigenvalue weighted by Crippen LogP contribution is 2.31. The molecule has 0 saturated carbocycles. The van der Waals surface area contributed by atoms with Crippen LogP contribution in [0.3, 0.4) is 0 Å². The standard InChI is InChI=1S/C22H13ClN4O6S/c23-15-8-9-17(19-18(15)21(29)27(31)22(30)25-19)34(32,33)14-7-6-13-11-24-26(16(13)10-14)20(28)12-4-2-1-3-5-12/h1-11,31H,(H,25,30). The summed E-state index contributed by atoms with van der Waals surface area (Å²) in [5, 5.41) is 13.7. The molecule has 0 aliphatic heterocycles. The molecule has 0 spiro atoms. The monoisotopic (exact) mass is 496 g/mol. The first kappa shape index (κ1) is 21.6. The molecule has 0 aliphatic rings. The first-order chi connectivity index (χ1) is 16.2. The summed E-state index contributed by atoms with van der Waals surface area (Å²) in [4.78, 5) is 38.8. The fraction of sp³-hybridized carbons (Fsp3) is 0. The van der Waals surface area contributed by atoms with E-state index >= 15 is 0 Å². The van der Waals surface area contributed by atoms with Crippen LogP contribution in [-0.2, 0) is 9.84 Å². The van der Waals surface area contributed by atoms with E-state index in [1.54, 1.807) is 30.3 Å². The molecule has 12 heteroatoms. The Balaban J connectivity index is 1.73. The van der Waals surface area contributed by atoms with Crippen molar-refractivity contribution in [3.8, 4) is 0 Å². The van der Waals surface area contributed by atoms with E-state index in [2.05, 4.69) is 10.1 Å². The zero-order valence-corrected chi connectivity index (χ0v) is 18.5. The number of carbonyl (C=O) groups excluding carboxylic acids is 1. The number of carbonyl (C=O) groups is 1. The summed E-state index contributed by atoms with van der Waals surface area (Å²) in [6.45, 7) is 0. The maximum atomic E-state index is 13.5. The maximum absolute atomic E-state index is 13.5. The predicted octanol–water partition coefficient (Wildman–Crippen LogP) is 2.45. The molecule has 2 heterocycles. The molecule has 0 atom stereocenters. The number of halogens is 1. The molecule has 0 bridgehead atoms. The average molecular weight is 497 g/mol. The maximum Gasteiger partial charge on any atom is 0.362 e. The Morgan fingerprint density at radius 1 is 1.03 bits per heavy atom. The van der Waals surface area contributed by atoms with Crippen LogP contribution in [0.25, 0.3) is 21.8 Å². The Hall–Kier alpha value is -4.22. The second kappa shape index (κ2) is 7.68. The molecule has 5 rings (SSSR count). The number of nitrogens with one attached hydrogen (secondary N) is 1. The van der Waals surface area contributed by atoms with E-state index in [-0.39, 0.29) is 31.1 Å². The minimum Gasteiger partial charge on any atom is -0.421 e. The van der Waals surface area contributed by atoms with Gasteiger partial charge >= 0.3 is 5.69 Å². The van der Waals surface area contributed by atoms with Crippen molar-refractivity contribution in [2.75, 3.05) is 0 Å². The van der Waals surface area contributed by atoms with Crippen LogP contribution in [0.4, 0.5) is 0 Å². The van der Waals surface area contributed by atoms with Gasteiger partial charge in [0.1, 0.15) is 0 Å². The highest BCUT2D eigenvalue weighted by Gasteiger charge is 2.25. The number of fused-ring (bicyclic) bond motifs is 2. The molecule has 34 heavy (non-hydrogen) atoms. The second-order valence-corrected chi connectivity index (χ2v) is 9.62. The Bertz CT molecular complexity index is 1860. The largest absolute Gasteiger partial charge is 0.421 e. The number of aromatic nitrogens is 4. The van der Waals surface area contributed by atoms with Crippen LogP contribution in [0.5, 0.6) is 0 Å². The summed E-state index contributed by atoms with van der Waals surface area (Å²) in [7, 11) is -4.32. The van der Waals surface area contributed by atoms with E-state index < -0.39 is 31.9 Å². The zero-order chi connectivity index (χ0) is 24.2. The van der Waals surface area contributed by atoms with Gasteiger partial charge in [-0.15, -0.1) is 0 Å². The number of sulfone groups is 1. The second-order valence-electron chi connectivity index (χ2n) is 7.29. The van der Waals surface area contributed by atoms with Crippen LogP contribution >= 0.6 is 11.6 Å². The van der Waals surface area contributed by atoms with Gasteiger partial charge < -0.3 is 10.2 Å². The van der Waals surface area contributed by atoms with E-state index in [1.165, 1.54) is 30.5 Å². The van der Waals surface area contributed by atoms with Crippen molar-refractivity contribution in [1.82, 2.24) is 19.5 Å². The topological polar surface area (TPSA) is 144 Å². The van der Waals surface area contributed by atoms with Gasteiger partial charge in [-0.3, -0.25) is 9.59 Å². The Morgan fingerprint density at radius 3 is 2.50 bits per heavy atom. The molecule has 10 nitrogen and oxygen atoms in total. The van der Waals surface area contributed by atoms with Crippen molar-refractivity contribution in [2.45, 2.75) is 9.79 Å². The zero-order valence-electron chi connectivity index (χ0n) is 17.0. The summed E-state index contributed by atoms with van der Waals surface area (Å²) < 4.78 is 28.0. The van der Waals surface area contributed by atoms with E-state index in [4.69, 9.17) is 11.6 Å². The molecule has 0 fully saturated rings. The molecular weight excluding hydrogens is 484 g/mol. The highest BCUT2D eigenvalue weighted by atomic mass is 35.5. The number of nitrogens with zero attached hydrogens (tertiary/aromatic N) is 3. The first-order valence-corrected chi connectivity index (χ1v) is 11.6. The number of hydrogen-bond acceptors (Lipinski definition) is 7. The van der Waals surface area contributed by atoms with Crippen LogP contribution in [0.2, 0.25) is 5.02 Å². The Labute approximate surface area is 195 Å². The Kier molecular flexibility index (Phi) is 4.88. The van der Waals surface area contributed by atoms with Crippen LogP contribution < -0.4 is 11.2 Å². The van der Waals surface area contributed by atoms with Crippen molar-refractivity contribution in [3.63, 3.8) is 0 Å². The lowest BCUT2D eigenvalue weighted by atomic mass is 10.2. The van der Waals surface area contributed by atoms with E-state index in [9.17, 15) is 28.0 Å². The minimum absolute atomic E-state index is 0.153. The lowest BCUT2D eigenvalue weighted by Crippen LogP contribution is -2.33. The van der Waals surface area contributed by atoms with Crippen LogP contribution in [0.1, 0.15) is 10.4 Å². The van der Waals surface area contributed by atoms with Gasteiger partial charge in [0, 0.05) is 10.9 Å². The van der Waals surface area contributed by atoms with Crippen LogP contribution in [-0.4, -0.2) is 39.0 Å². The van der Waals surface area contributed by atoms with Gasteiger partial charge in [-0.25, -0.2) is 13.2 Å². The molecule has 5 aromatic rings. The molecular formula is C22H13ClN4O6S. The minimum atomic E-state index is -4.32. The van der Waals surface area contributed by atoms with Crippen molar-refractivity contribution < 1.29 is 18.4 Å². The lowest BCUT2D eigenvalue weighted by molar-refractivity contribution is 0.0950. The molecule has 0 saturated heterocycles. The van der Waals surface area contributed by atoms with Crippen molar-refractivity contribution in [3.05, 3.63) is 98.3 Å². The molecule has 2 aromatic heterocycles. The molecule has 0 aliphatic carbocycles. The summed E-state index contributed by atoms with van der Waals surface area (Å²) >= 11 is 6.04. The molecule has 2 N–H and O–H groups in total. The predicted molar refractivity (Wildman–Crippen MR) is 122 cm³/mol. The number of benzene rings is 3. The van der Waals surface area contributed by atoms with Crippen molar-refractivity contribution >= 4 is 49.2 Å². The fourth-order valence-electron chi connectivity index (χ4n) is 3.63. The van der Waals surface area contributed by atoms with Crippen LogP contribution in [0, 0.1) is 0 Å². The van der Waals surface area contributed by atoms with Gasteiger partial charge in [-0.05, 0) is 42.5 Å². The molecule has 170 valence electrons.